The van der Waals surface area contributed by atoms with Gasteiger partial charge in [-0.2, -0.15) is 0 Å². The van der Waals surface area contributed by atoms with Gasteiger partial charge in [-0.1, -0.05) is 12.1 Å². The zero-order chi connectivity index (χ0) is 10.7. The third kappa shape index (κ3) is 2.30. The molecule has 82 valence electrons. The molecule has 1 aliphatic rings. The molecule has 1 N–H and O–H groups in total. The normalized spacial score (nSPS) is 21.3. The highest BCUT2D eigenvalue weighted by Gasteiger charge is 2.15. The molecule has 1 aliphatic heterocycles. The zero-order valence-corrected chi connectivity index (χ0v) is 9.25. The number of nitrogens with one attached hydrogen (secondary N) is 1. The van der Waals surface area contributed by atoms with Gasteiger partial charge in [0, 0.05) is 6.54 Å². The molecule has 0 saturated carbocycles. The zero-order valence-electron chi connectivity index (χ0n) is 9.25. The Balaban J connectivity index is 2.20. The van der Waals surface area contributed by atoms with Gasteiger partial charge in [0.15, 0.2) is 0 Å². The van der Waals surface area contributed by atoms with Gasteiger partial charge in [-0.3, -0.25) is 0 Å². The molecule has 0 aliphatic carbocycles. The number of methoxy groups -OCH3 is 1. The lowest BCUT2D eigenvalue weighted by Crippen LogP contribution is -2.34. The van der Waals surface area contributed by atoms with Crippen molar-refractivity contribution >= 4 is 0 Å². The summed E-state index contributed by atoms with van der Waals surface area (Å²) < 4.78 is 10.7. The second-order valence-corrected chi connectivity index (χ2v) is 3.81. The van der Waals surface area contributed by atoms with Gasteiger partial charge in [-0.25, -0.2) is 0 Å². The fourth-order valence-electron chi connectivity index (χ4n) is 1.83. The van der Waals surface area contributed by atoms with Crippen molar-refractivity contribution in [2.24, 2.45) is 0 Å². The Labute approximate surface area is 90.4 Å². The van der Waals surface area contributed by atoms with Crippen LogP contribution in [0.25, 0.3) is 0 Å². The van der Waals surface area contributed by atoms with Crippen molar-refractivity contribution in [3.05, 3.63) is 29.3 Å². The van der Waals surface area contributed by atoms with Crippen LogP contribution in [-0.4, -0.2) is 26.9 Å². The number of rotatable bonds is 2. The lowest BCUT2D eigenvalue weighted by atomic mass is 10.0. The summed E-state index contributed by atoms with van der Waals surface area (Å²) in [5.41, 5.74) is 2.40. The topological polar surface area (TPSA) is 30.5 Å². The van der Waals surface area contributed by atoms with Crippen LogP contribution in [0, 0.1) is 6.92 Å². The third-order valence-electron chi connectivity index (χ3n) is 2.76. The molecule has 0 aromatic heterocycles. The number of hydrogen-bond donors (Lipinski definition) is 1. The van der Waals surface area contributed by atoms with Crippen molar-refractivity contribution in [2.45, 2.75) is 13.0 Å². The van der Waals surface area contributed by atoms with Crippen LogP contribution in [0.1, 0.15) is 17.2 Å². The Morgan fingerprint density at radius 1 is 1.47 bits per heavy atom. The highest BCUT2D eigenvalue weighted by molar-refractivity contribution is 5.37. The average molecular weight is 207 g/mol. The third-order valence-corrected chi connectivity index (χ3v) is 2.76. The molecule has 0 bridgehead atoms. The summed E-state index contributed by atoms with van der Waals surface area (Å²) in [6.07, 6.45) is 0. The summed E-state index contributed by atoms with van der Waals surface area (Å²) >= 11 is 0. The predicted molar refractivity (Wildman–Crippen MR) is 59.3 cm³/mol. The van der Waals surface area contributed by atoms with Gasteiger partial charge in [0.05, 0.1) is 26.4 Å². The molecular weight excluding hydrogens is 190 g/mol. The summed E-state index contributed by atoms with van der Waals surface area (Å²) in [5.74, 6) is 0.944. The Kier molecular flexibility index (Phi) is 3.23. The van der Waals surface area contributed by atoms with Gasteiger partial charge >= 0.3 is 0 Å². The van der Waals surface area contributed by atoms with Crippen LogP contribution in [0.3, 0.4) is 0 Å². The van der Waals surface area contributed by atoms with Crippen molar-refractivity contribution in [2.75, 3.05) is 26.9 Å². The molecule has 0 unspecified atom stereocenters. The largest absolute Gasteiger partial charge is 0.496 e. The Hall–Kier alpha value is -1.06. The summed E-state index contributed by atoms with van der Waals surface area (Å²) in [6, 6.07) is 6.60. The summed E-state index contributed by atoms with van der Waals surface area (Å²) in [7, 11) is 1.71. The fraction of sp³-hybridized carbons (Fsp3) is 0.500. The quantitative estimate of drug-likeness (QED) is 0.800. The standard InChI is InChI=1S/C12H17NO2/c1-9-3-4-10(7-12(9)14-2)11-8-15-6-5-13-11/h3-4,7,11,13H,5-6,8H2,1-2H3/t11-/m0/s1. The molecule has 3 heteroatoms. The minimum atomic E-state index is 0.299. The van der Waals surface area contributed by atoms with Gasteiger partial charge in [-0.05, 0) is 24.1 Å². The Morgan fingerprint density at radius 3 is 3.00 bits per heavy atom. The minimum Gasteiger partial charge on any atom is -0.496 e. The second-order valence-electron chi connectivity index (χ2n) is 3.81. The van der Waals surface area contributed by atoms with Crippen molar-refractivity contribution in [1.82, 2.24) is 5.32 Å². The highest BCUT2D eigenvalue weighted by atomic mass is 16.5. The Bertz CT molecular complexity index is 332. The molecule has 1 saturated heterocycles. The van der Waals surface area contributed by atoms with Gasteiger partial charge in [0.2, 0.25) is 0 Å². The predicted octanol–water partition coefficient (Wildman–Crippen LogP) is 1.66. The molecule has 15 heavy (non-hydrogen) atoms. The molecule has 1 atom stereocenters. The Morgan fingerprint density at radius 2 is 2.33 bits per heavy atom. The smallest absolute Gasteiger partial charge is 0.122 e. The fourth-order valence-corrected chi connectivity index (χ4v) is 1.83. The van der Waals surface area contributed by atoms with Crippen molar-refractivity contribution in [3.63, 3.8) is 0 Å². The van der Waals surface area contributed by atoms with E-state index in [9.17, 15) is 0 Å². The first-order valence-electron chi connectivity index (χ1n) is 5.27. The van der Waals surface area contributed by atoms with E-state index >= 15 is 0 Å². The molecule has 1 aromatic rings. The van der Waals surface area contributed by atoms with E-state index in [4.69, 9.17) is 9.47 Å². The first kappa shape index (κ1) is 10.5. The number of benzene rings is 1. The van der Waals surface area contributed by atoms with Crippen LogP contribution in [-0.2, 0) is 4.74 Å². The van der Waals surface area contributed by atoms with E-state index in [-0.39, 0.29) is 0 Å². The van der Waals surface area contributed by atoms with Gasteiger partial charge in [0.1, 0.15) is 5.75 Å². The number of hydrogen-bond acceptors (Lipinski definition) is 3. The molecule has 3 nitrogen and oxygen atoms in total. The second kappa shape index (κ2) is 4.64. The number of aryl methyl sites for hydroxylation is 1. The van der Waals surface area contributed by atoms with Crippen LogP contribution in [0.15, 0.2) is 18.2 Å². The number of morpholine rings is 1. The van der Waals surface area contributed by atoms with Gasteiger partial charge < -0.3 is 14.8 Å². The van der Waals surface area contributed by atoms with Gasteiger partial charge in [0.25, 0.3) is 0 Å². The van der Waals surface area contributed by atoms with Crippen LogP contribution in [0.2, 0.25) is 0 Å². The summed E-state index contributed by atoms with van der Waals surface area (Å²) in [4.78, 5) is 0. The highest BCUT2D eigenvalue weighted by Crippen LogP contribution is 2.24. The van der Waals surface area contributed by atoms with Crippen molar-refractivity contribution in [3.8, 4) is 5.75 Å². The van der Waals surface area contributed by atoms with Crippen LogP contribution >= 0.6 is 0 Å². The lowest BCUT2D eigenvalue weighted by Gasteiger charge is -2.24. The van der Waals surface area contributed by atoms with Crippen LogP contribution in [0.5, 0.6) is 5.75 Å². The summed E-state index contributed by atoms with van der Waals surface area (Å²) in [5, 5.41) is 3.43. The minimum absolute atomic E-state index is 0.299. The van der Waals surface area contributed by atoms with E-state index in [1.807, 2.05) is 6.92 Å². The van der Waals surface area contributed by atoms with Gasteiger partial charge in [-0.15, -0.1) is 0 Å². The molecule has 1 fully saturated rings. The van der Waals surface area contributed by atoms with E-state index < -0.39 is 0 Å². The maximum absolute atomic E-state index is 5.44. The van der Waals surface area contributed by atoms with E-state index in [2.05, 4.69) is 23.5 Å². The lowest BCUT2D eigenvalue weighted by molar-refractivity contribution is 0.0768. The van der Waals surface area contributed by atoms with E-state index in [0.29, 0.717) is 6.04 Å². The molecule has 2 rings (SSSR count). The first-order valence-corrected chi connectivity index (χ1v) is 5.27. The number of ether oxygens (including phenoxy) is 2. The molecular formula is C12H17NO2. The van der Waals surface area contributed by atoms with Crippen molar-refractivity contribution < 1.29 is 9.47 Å². The maximum atomic E-state index is 5.44. The molecule has 0 amide bonds. The van der Waals surface area contributed by atoms with Crippen LogP contribution < -0.4 is 10.1 Å². The van der Waals surface area contributed by atoms with E-state index in [1.54, 1.807) is 7.11 Å². The molecule has 0 radical (unpaired) electrons. The molecule has 1 heterocycles. The molecule has 1 aromatic carbocycles. The first-order chi connectivity index (χ1) is 7.31. The maximum Gasteiger partial charge on any atom is 0.122 e. The average Bonchev–Trinajstić information content (AvgIpc) is 2.31. The van der Waals surface area contributed by atoms with E-state index in [0.717, 1.165) is 31.1 Å². The monoisotopic (exact) mass is 207 g/mol. The molecule has 0 spiro atoms. The SMILES string of the molecule is COc1cc([C@@H]2COCCN2)ccc1C. The van der Waals surface area contributed by atoms with Crippen molar-refractivity contribution in [1.29, 1.82) is 0 Å². The van der Waals surface area contributed by atoms with E-state index in [1.165, 1.54) is 5.56 Å². The summed E-state index contributed by atoms with van der Waals surface area (Å²) in [6.45, 7) is 4.51. The van der Waals surface area contributed by atoms with Crippen LogP contribution in [0.4, 0.5) is 0 Å².